The van der Waals surface area contributed by atoms with Crippen molar-refractivity contribution in [2.24, 2.45) is 7.05 Å². The molecule has 4 aromatic rings. The van der Waals surface area contributed by atoms with Crippen molar-refractivity contribution < 1.29 is 13.9 Å². The Labute approximate surface area is 226 Å². The van der Waals surface area contributed by atoms with Crippen molar-refractivity contribution in [3.8, 4) is 11.1 Å². The minimum atomic E-state index is -0.579. The molecular formula is C28H32ClFN6O2. The predicted octanol–water partition coefficient (Wildman–Crippen LogP) is 6.12. The molecule has 0 N–H and O–H groups in total. The van der Waals surface area contributed by atoms with E-state index >= 15 is 4.39 Å². The number of carbonyl (C=O) groups is 1. The smallest absolute Gasteiger partial charge is 0.410 e. The Morgan fingerprint density at radius 2 is 1.87 bits per heavy atom. The molecule has 2 aromatic carbocycles. The third kappa shape index (κ3) is 4.42. The number of nitrogens with zero attached hydrogens (tertiary/aromatic N) is 6. The van der Waals surface area contributed by atoms with Gasteiger partial charge in [0, 0.05) is 54.1 Å². The van der Waals surface area contributed by atoms with Crippen molar-refractivity contribution in [3.63, 3.8) is 0 Å². The van der Waals surface area contributed by atoms with Crippen molar-refractivity contribution in [2.45, 2.75) is 59.2 Å². The largest absolute Gasteiger partial charge is 0.444 e. The van der Waals surface area contributed by atoms with Crippen LogP contribution in [-0.4, -0.2) is 61.5 Å². The molecule has 1 aliphatic heterocycles. The van der Waals surface area contributed by atoms with Crippen LogP contribution in [0, 0.1) is 12.7 Å². The zero-order valence-corrected chi connectivity index (χ0v) is 23.5. The summed E-state index contributed by atoms with van der Waals surface area (Å²) >= 11 is 6.82. The number of aromatic nitrogens is 4. The molecule has 1 aliphatic rings. The number of halogens is 2. The van der Waals surface area contributed by atoms with Crippen molar-refractivity contribution in [1.29, 1.82) is 0 Å². The van der Waals surface area contributed by atoms with E-state index in [4.69, 9.17) is 16.3 Å². The van der Waals surface area contributed by atoms with Crippen molar-refractivity contribution >= 4 is 45.3 Å². The zero-order valence-electron chi connectivity index (χ0n) is 22.7. The Morgan fingerprint density at radius 1 is 1.13 bits per heavy atom. The third-order valence-corrected chi connectivity index (χ3v) is 7.35. The van der Waals surface area contributed by atoms with Crippen LogP contribution in [0.4, 0.5) is 15.0 Å². The van der Waals surface area contributed by atoms with Gasteiger partial charge in [-0.2, -0.15) is 5.10 Å². The van der Waals surface area contributed by atoms with E-state index in [1.165, 1.54) is 6.33 Å². The number of fused-ring (bicyclic) bond motifs is 2. The monoisotopic (exact) mass is 538 g/mol. The summed E-state index contributed by atoms with van der Waals surface area (Å²) in [5.74, 6) is 0.0852. The van der Waals surface area contributed by atoms with Gasteiger partial charge >= 0.3 is 6.09 Å². The molecule has 2 aromatic heterocycles. The summed E-state index contributed by atoms with van der Waals surface area (Å²) < 4.78 is 23.7. The molecule has 5 rings (SSSR count). The van der Waals surface area contributed by atoms with Gasteiger partial charge < -0.3 is 14.5 Å². The molecule has 0 radical (unpaired) electrons. The van der Waals surface area contributed by atoms with Gasteiger partial charge in [-0.3, -0.25) is 4.68 Å². The fourth-order valence-electron chi connectivity index (χ4n) is 5.25. The lowest BCUT2D eigenvalue weighted by molar-refractivity contribution is 0.0130. The lowest BCUT2D eigenvalue weighted by Gasteiger charge is -2.44. The molecule has 0 unspecified atom stereocenters. The minimum Gasteiger partial charge on any atom is -0.444 e. The molecule has 10 heteroatoms. The van der Waals surface area contributed by atoms with Gasteiger partial charge in [0.1, 0.15) is 23.3 Å². The van der Waals surface area contributed by atoms with Crippen LogP contribution in [0.1, 0.15) is 40.2 Å². The van der Waals surface area contributed by atoms with E-state index in [-0.39, 0.29) is 28.7 Å². The molecule has 1 fully saturated rings. The highest BCUT2D eigenvalue weighted by atomic mass is 35.5. The Kier molecular flexibility index (Phi) is 6.46. The van der Waals surface area contributed by atoms with Crippen LogP contribution in [0.15, 0.2) is 30.7 Å². The molecule has 1 amide bonds. The molecule has 2 atom stereocenters. The number of hydrogen-bond acceptors (Lipinski definition) is 6. The van der Waals surface area contributed by atoms with E-state index in [9.17, 15) is 4.79 Å². The molecular weight excluding hydrogens is 507 g/mol. The summed E-state index contributed by atoms with van der Waals surface area (Å²) in [5, 5.41) is 6.06. The Hall–Kier alpha value is -3.46. The SMILES string of the molecule is Cc1ccc2cnn(C)c2c1-c1c(Cl)cc2c(N3C[C@@H](C)N(C(=O)OC(C)(C)C)C[C@@H]3C)ncnc2c1F. The second-order valence-electron chi connectivity index (χ2n) is 11.1. The number of rotatable bonds is 2. The lowest BCUT2D eigenvalue weighted by Crippen LogP contribution is -2.59. The Morgan fingerprint density at radius 3 is 2.58 bits per heavy atom. The first-order valence-electron chi connectivity index (χ1n) is 12.7. The van der Waals surface area contributed by atoms with Crippen molar-refractivity contribution in [2.75, 3.05) is 18.0 Å². The number of aryl methyl sites for hydroxylation is 2. The summed E-state index contributed by atoms with van der Waals surface area (Å²) in [5.41, 5.74) is 2.30. The molecule has 8 nitrogen and oxygen atoms in total. The molecule has 0 saturated carbocycles. The van der Waals surface area contributed by atoms with Crippen molar-refractivity contribution in [1.82, 2.24) is 24.6 Å². The van der Waals surface area contributed by atoms with Gasteiger partial charge in [-0.1, -0.05) is 23.7 Å². The third-order valence-electron chi connectivity index (χ3n) is 7.05. The maximum absolute atomic E-state index is 16.3. The topological polar surface area (TPSA) is 76.4 Å². The minimum absolute atomic E-state index is 0.0937. The zero-order chi connectivity index (χ0) is 27.5. The Bertz CT molecular complexity index is 1560. The quantitative estimate of drug-likeness (QED) is 0.306. The first-order valence-corrected chi connectivity index (χ1v) is 13.1. The van der Waals surface area contributed by atoms with E-state index in [1.54, 1.807) is 21.8 Å². The summed E-state index contributed by atoms with van der Waals surface area (Å²) in [6, 6.07) is 5.42. The summed E-state index contributed by atoms with van der Waals surface area (Å²) in [6.45, 7) is 12.4. The highest BCUT2D eigenvalue weighted by molar-refractivity contribution is 6.35. The van der Waals surface area contributed by atoms with Crippen LogP contribution in [-0.2, 0) is 11.8 Å². The van der Waals surface area contributed by atoms with Gasteiger partial charge in [-0.05, 0) is 53.2 Å². The molecule has 0 aliphatic carbocycles. The van der Waals surface area contributed by atoms with Gasteiger partial charge in [-0.15, -0.1) is 0 Å². The van der Waals surface area contributed by atoms with Crippen LogP contribution in [0.3, 0.4) is 0 Å². The average molecular weight is 539 g/mol. The van der Waals surface area contributed by atoms with Crippen LogP contribution in [0.25, 0.3) is 32.9 Å². The number of hydrogen-bond donors (Lipinski definition) is 0. The van der Waals surface area contributed by atoms with E-state index in [1.807, 2.05) is 60.7 Å². The number of carbonyl (C=O) groups excluding carboxylic acids is 1. The second kappa shape index (κ2) is 9.38. The summed E-state index contributed by atoms with van der Waals surface area (Å²) in [4.78, 5) is 25.5. The number of piperazine rings is 1. The fraction of sp³-hybridized carbons (Fsp3) is 0.429. The van der Waals surface area contributed by atoms with Gasteiger partial charge in [0.05, 0.1) is 16.7 Å². The lowest BCUT2D eigenvalue weighted by atomic mass is 9.96. The molecule has 0 spiro atoms. The first-order chi connectivity index (χ1) is 17.9. The van der Waals surface area contributed by atoms with E-state index < -0.39 is 11.4 Å². The number of benzene rings is 2. The predicted molar refractivity (Wildman–Crippen MR) is 148 cm³/mol. The van der Waals surface area contributed by atoms with E-state index in [0.717, 1.165) is 16.5 Å². The summed E-state index contributed by atoms with van der Waals surface area (Å²) in [6.07, 6.45) is 2.79. The van der Waals surface area contributed by atoms with Gasteiger partial charge in [0.15, 0.2) is 5.82 Å². The summed E-state index contributed by atoms with van der Waals surface area (Å²) in [7, 11) is 1.83. The van der Waals surface area contributed by atoms with E-state index in [2.05, 4.69) is 20.0 Å². The normalized spacial score (nSPS) is 18.4. The fourth-order valence-corrected chi connectivity index (χ4v) is 5.54. The van der Waals surface area contributed by atoms with Gasteiger partial charge in [0.2, 0.25) is 0 Å². The van der Waals surface area contributed by atoms with Gasteiger partial charge in [0.25, 0.3) is 0 Å². The maximum Gasteiger partial charge on any atom is 0.410 e. The molecule has 200 valence electrons. The van der Waals surface area contributed by atoms with Gasteiger partial charge in [-0.25, -0.2) is 19.2 Å². The number of anilines is 1. The van der Waals surface area contributed by atoms with Crippen LogP contribution >= 0.6 is 11.6 Å². The molecule has 1 saturated heterocycles. The highest BCUT2D eigenvalue weighted by Crippen LogP contribution is 2.42. The number of amides is 1. The molecule has 3 heterocycles. The number of ether oxygens (including phenoxy) is 1. The van der Waals surface area contributed by atoms with Crippen LogP contribution in [0.2, 0.25) is 5.02 Å². The Balaban J connectivity index is 1.58. The molecule has 0 bridgehead atoms. The van der Waals surface area contributed by atoms with E-state index in [0.29, 0.717) is 35.4 Å². The highest BCUT2D eigenvalue weighted by Gasteiger charge is 2.36. The van der Waals surface area contributed by atoms with Crippen molar-refractivity contribution in [3.05, 3.63) is 47.1 Å². The molecule has 38 heavy (non-hydrogen) atoms. The van der Waals surface area contributed by atoms with Crippen LogP contribution < -0.4 is 4.90 Å². The first kappa shape index (κ1) is 26.2. The standard InChI is InChI=1S/C28H32ClFN6O2/c1-15-8-9-18-11-33-34(7)25(18)21(15)22-20(29)10-19-24(23(22)30)31-14-32-26(19)35-12-17(3)36(13-16(35)2)27(37)38-28(4,5)6/h8-11,14,16-17H,12-13H2,1-7H3/t16-,17+/m0/s1. The maximum atomic E-state index is 16.3. The second-order valence-corrected chi connectivity index (χ2v) is 11.5. The van der Waals surface area contributed by atoms with Crippen LogP contribution in [0.5, 0.6) is 0 Å². The average Bonchev–Trinajstić information content (AvgIpc) is 3.21.